The van der Waals surface area contributed by atoms with Crippen molar-refractivity contribution in [3.05, 3.63) is 52.3 Å². The molecule has 0 bridgehead atoms. The summed E-state index contributed by atoms with van der Waals surface area (Å²) in [4.78, 5) is 16.2. The summed E-state index contributed by atoms with van der Waals surface area (Å²) in [5, 5.41) is 2.93. The third-order valence-electron chi connectivity index (χ3n) is 3.21. The summed E-state index contributed by atoms with van der Waals surface area (Å²) in [6.07, 6.45) is 3.17. The lowest BCUT2D eigenvalue weighted by Gasteiger charge is -2.14. The largest absolute Gasteiger partial charge is 0.454 e. The number of nitrogens with one attached hydrogen (secondary N) is 1. The first kappa shape index (κ1) is 13.9. The second-order valence-corrected chi connectivity index (χ2v) is 5.62. The Bertz CT molecular complexity index is 690. The van der Waals surface area contributed by atoms with Gasteiger partial charge in [-0.2, -0.15) is 0 Å². The Labute approximate surface area is 130 Å². The van der Waals surface area contributed by atoms with Crippen LogP contribution in [0.4, 0.5) is 0 Å². The summed E-state index contributed by atoms with van der Waals surface area (Å²) < 4.78 is 11.4. The molecule has 0 aliphatic carbocycles. The number of aromatic nitrogens is 1. The summed E-state index contributed by atoms with van der Waals surface area (Å²) in [5.41, 5.74) is 1.47. The third kappa shape index (κ3) is 3.00. The van der Waals surface area contributed by atoms with Crippen molar-refractivity contribution in [1.82, 2.24) is 10.3 Å². The number of nitrogens with zero attached hydrogens (tertiary/aromatic N) is 1. The molecule has 2 heterocycles. The normalized spacial score (nSPS) is 13.8. The van der Waals surface area contributed by atoms with Crippen LogP contribution < -0.4 is 14.8 Å². The second-order valence-electron chi connectivity index (χ2n) is 4.70. The maximum Gasteiger partial charge on any atom is 0.253 e. The quantitative estimate of drug-likeness (QED) is 0.925. The van der Waals surface area contributed by atoms with Crippen molar-refractivity contribution in [2.24, 2.45) is 0 Å². The van der Waals surface area contributed by atoms with Gasteiger partial charge >= 0.3 is 0 Å². The van der Waals surface area contributed by atoms with E-state index in [1.54, 1.807) is 12.3 Å². The molecule has 5 nitrogen and oxygen atoms in total. The predicted octanol–water partition coefficient (Wildman–Crippen LogP) is 3.06. The first-order chi connectivity index (χ1) is 10.1. The maximum absolute atomic E-state index is 12.2. The number of carbonyl (C=O) groups is 1. The molecular weight excluding hydrogens is 336 g/mol. The van der Waals surface area contributed by atoms with Crippen LogP contribution in [-0.2, 0) is 0 Å². The number of rotatable bonds is 3. The van der Waals surface area contributed by atoms with E-state index < -0.39 is 0 Å². The van der Waals surface area contributed by atoms with Gasteiger partial charge in [-0.3, -0.25) is 9.78 Å². The topological polar surface area (TPSA) is 60.5 Å². The minimum atomic E-state index is -0.172. The average molecular weight is 349 g/mol. The minimum absolute atomic E-state index is 0.147. The molecule has 0 spiro atoms. The van der Waals surface area contributed by atoms with Gasteiger partial charge in [-0.15, -0.1) is 0 Å². The number of pyridine rings is 1. The van der Waals surface area contributed by atoms with Crippen LogP contribution in [0.1, 0.15) is 28.9 Å². The van der Waals surface area contributed by atoms with Crippen LogP contribution in [0.3, 0.4) is 0 Å². The zero-order valence-electron chi connectivity index (χ0n) is 11.3. The Morgan fingerprint density at radius 2 is 2.10 bits per heavy atom. The van der Waals surface area contributed by atoms with Crippen molar-refractivity contribution < 1.29 is 14.3 Å². The van der Waals surface area contributed by atoms with Gasteiger partial charge in [-0.1, -0.05) is 6.07 Å². The van der Waals surface area contributed by atoms with E-state index in [1.807, 2.05) is 25.1 Å². The smallest absolute Gasteiger partial charge is 0.253 e. The Morgan fingerprint density at radius 3 is 2.90 bits per heavy atom. The van der Waals surface area contributed by atoms with Crippen molar-refractivity contribution in [3.63, 3.8) is 0 Å². The molecular formula is C15H13BrN2O3. The standard InChI is InChI=1S/C15H13BrN2O3/c1-9(10-2-3-13-14(5-10)21-8-20-13)18-15(19)11-4-12(16)7-17-6-11/h2-7,9H,8H2,1H3,(H,18,19). The molecule has 1 aliphatic rings. The van der Waals surface area contributed by atoms with E-state index in [4.69, 9.17) is 9.47 Å². The third-order valence-corrected chi connectivity index (χ3v) is 3.64. The molecule has 0 saturated carbocycles. The maximum atomic E-state index is 12.2. The van der Waals surface area contributed by atoms with Gasteiger partial charge in [-0.05, 0) is 46.6 Å². The van der Waals surface area contributed by atoms with Crippen molar-refractivity contribution in [3.8, 4) is 11.5 Å². The van der Waals surface area contributed by atoms with E-state index in [9.17, 15) is 4.79 Å². The number of fused-ring (bicyclic) bond motifs is 1. The van der Waals surface area contributed by atoms with Crippen LogP contribution in [0.15, 0.2) is 41.1 Å². The summed E-state index contributed by atoms with van der Waals surface area (Å²) in [6.45, 7) is 2.16. The zero-order valence-corrected chi connectivity index (χ0v) is 12.9. The lowest BCUT2D eigenvalue weighted by atomic mass is 10.1. The van der Waals surface area contributed by atoms with Gasteiger partial charge in [0.15, 0.2) is 11.5 Å². The zero-order chi connectivity index (χ0) is 14.8. The van der Waals surface area contributed by atoms with Crippen molar-refractivity contribution >= 4 is 21.8 Å². The van der Waals surface area contributed by atoms with E-state index in [0.29, 0.717) is 11.3 Å². The van der Waals surface area contributed by atoms with Crippen LogP contribution >= 0.6 is 15.9 Å². The lowest BCUT2D eigenvalue weighted by molar-refractivity contribution is 0.0939. The highest BCUT2D eigenvalue weighted by Gasteiger charge is 2.17. The molecule has 1 amide bonds. The van der Waals surface area contributed by atoms with E-state index in [-0.39, 0.29) is 18.7 Å². The van der Waals surface area contributed by atoms with Crippen LogP contribution in [0.5, 0.6) is 11.5 Å². The Balaban J connectivity index is 1.74. The van der Waals surface area contributed by atoms with Gasteiger partial charge in [0.2, 0.25) is 6.79 Å². The highest BCUT2D eigenvalue weighted by molar-refractivity contribution is 9.10. The second kappa shape index (κ2) is 5.73. The van der Waals surface area contributed by atoms with Gasteiger partial charge < -0.3 is 14.8 Å². The molecule has 1 unspecified atom stereocenters. The van der Waals surface area contributed by atoms with Gasteiger partial charge in [0.05, 0.1) is 11.6 Å². The van der Waals surface area contributed by atoms with Crippen molar-refractivity contribution in [1.29, 1.82) is 0 Å². The summed E-state index contributed by atoms with van der Waals surface area (Å²) in [5.74, 6) is 1.26. The molecule has 3 rings (SSSR count). The molecule has 1 atom stereocenters. The SMILES string of the molecule is CC(NC(=O)c1cncc(Br)c1)c1ccc2c(c1)OCO2. The van der Waals surface area contributed by atoms with Crippen LogP contribution in [0.2, 0.25) is 0 Å². The van der Waals surface area contributed by atoms with Crippen LogP contribution in [-0.4, -0.2) is 17.7 Å². The number of carbonyl (C=O) groups excluding carboxylic acids is 1. The van der Waals surface area contributed by atoms with E-state index in [0.717, 1.165) is 15.8 Å². The molecule has 0 saturated heterocycles. The predicted molar refractivity (Wildman–Crippen MR) is 80.4 cm³/mol. The minimum Gasteiger partial charge on any atom is -0.454 e. The highest BCUT2D eigenvalue weighted by atomic mass is 79.9. The summed E-state index contributed by atoms with van der Waals surface area (Å²) in [6, 6.07) is 7.23. The first-order valence-electron chi connectivity index (χ1n) is 6.44. The molecule has 108 valence electrons. The Hall–Kier alpha value is -2.08. The van der Waals surface area contributed by atoms with E-state index in [2.05, 4.69) is 26.2 Å². The molecule has 1 aromatic carbocycles. The van der Waals surface area contributed by atoms with E-state index >= 15 is 0 Å². The molecule has 21 heavy (non-hydrogen) atoms. The molecule has 1 aromatic heterocycles. The highest BCUT2D eigenvalue weighted by Crippen LogP contribution is 2.34. The summed E-state index contributed by atoms with van der Waals surface area (Å²) in [7, 11) is 0. The lowest BCUT2D eigenvalue weighted by Crippen LogP contribution is -2.26. The number of hydrogen-bond acceptors (Lipinski definition) is 4. The number of benzene rings is 1. The average Bonchev–Trinajstić information content (AvgIpc) is 2.94. The molecule has 1 aliphatic heterocycles. The van der Waals surface area contributed by atoms with Gasteiger partial charge in [0.25, 0.3) is 5.91 Å². The van der Waals surface area contributed by atoms with E-state index in [1.165, 1.54) is 6.20 Å². The Kier molecular flexibility index (Phi) is 3.79. The summed E-state index contributed by atoms with van der Waals surface area (Å²) >= 11 is 3.30. The molecule has 0 radical (unpaired) electrons. The molecule has 6 heteroatoms. The number of ether oxygens (including phenoxy) is 2. The first-order valence-corrected chi connectivity index (χ1v) is 7.24. The number of halogens is 1. The van der Waals surface area contributed by atoms with Gasteiger partial charge in [0.1, 0.15) is 0 Å². The number of amides is 1. The Morgan fingerprint density at radius 1 is 1.29 bits per heavy atom. The van der Waals surface area contributed by atoms with Crippen molar-refractivity contribution in [2.75, 3.05) is 6.79 Å². The fourth-order valence-electron chi connectivity index (χ4n) is 2.08. The molecule has 1 N–H and O–H groups in total. The van der Waals surface area contributed by atoms with Gasteiger partial charge in [-0.25, -0.2) is 0 Å². The number of hydrogen-bond donors (Lipinski definition) is 1. The van der Waals surface area contributed by atoms with Gasteiger partial charge in [0, 0.05) is 16.9 Å². The van der Waals surface area contributed by atoms with Crippen LogP contribution in [0, 0.1) is 0 Å². The molecule has 0 fully saturated rings. The van der Waals surface area contributed by atoms with Crippen LogP contribution in [0.25, 0.3) is 0 Å². The molecule has 2 aromatic rings. The monoisotopic (exact) mass is 348 g/mol. The fraction of sp³-hybridized carbons (Fsp3) is 0.200. The van der Waals surface area contributed by atoms with Crippen molar-refractivity contribution in [2.45, 2.75) is 13.0 Å². The fourth-order valence-corrected chi connectivity index (χ4v) is 2.45.